The first-order chi connectivity index (χ1) is 10.0. The number of benzene rings is 2. The molecule has 0 aliphatic rings. The molecule has 3 heteroatoms. The summed E-state index contributed by atoms with van der Waals surface area (Å²) in [7, 11) is 0. The largest absolute Gasteiger partial charge is 0.454 e. The van der Waals surface area contributed by atoms with E-state index < -0.39 is 0 Å². The first kappa shape index (κ1) is 15.5. The molecular weight excluding hydrogens is 265 g/mol. The zero-order chi connectivity index (χ0) is 15.4. The maximum absolute atomic E-state index is 14.1. The fourth-order valence-corrected chi connectivity index (χ4v) is 2.20. The maximum Gasteiger partial charge on any atom is 0.166 e. The summed E-state index contributed by atoms with van der Waals surface area (Å²) in [6.45, 7) is 6.09. The van der Waals surface area contributed by atoms with E-state index in [1.165, 1.54) is 6.07 Å². The Hall–Kier alpha value is -1.87. The lowest BCUT2D eigenvalue weighted by atomic mass is 9.98. The van der Waals surface area contributed by atoms with Crippen molar-refractivity contribution in [1.29, 1.82) is 0 Å². The van der Waals surface area contributed by atoms with Crippen LogP contribution in [0, 0.1) is 5.82 Å². The molecule has 0 aliphatic carbocycles. The van der Waals surface area contributed by atoms with Crippen LogP contribution >= 0.6 is 0 Å². The molecule has 2 unspecified atom stereocenters. The summed E-state index contributed by atoms with van der Waals surface area (Å²) in [6.07, 6.45) is 1.01. The van der Waals surface area contributed by atoms with Crippen molar-refractivity contribution in [2.24, 2.45) is 5.73 Å². The van der Waals surface area contributed by atoms with Crippen LogP contribution in [0.25, 0.3) is 0 Å². The fourth-order valence-electron chi connectivity index (χ4n) is 2.20. The number of hydrogen-bond acceptors (Lipinski definition) is 2. The maximum atomic E-state index is 14.1. The molecule has 21 heavy (non-hydrogen) atoms. The van der Waals surface area contributed by atoms with E-state index in [0.717, 1.165) is 17.5 Å². The highest BCUT2D eigenvalue weighted by atomic mass is 19.1. The van der Waals surface area contributed by atoms with Gasteiger partial charge < -0.3 is 10.5 Å². The third kappa shape index (κ3) is 3.61. The molecule has 2 N–H and O–H groups in total. The first-order valence-electron chi connectivity index (χ1n) is 7.34. The van der Waals surface area contributed by atoms with E-state index in [1.54, 1.807) is 12.1 Å². The molecule has 2 rings (SSSR count). The molecule has 2 aromatic rings. The predicted molar refractivity (Wildman–Crippen MR) is 84.2 cm³/mol. The van der Waals surface area contributed by atoms with Gasteiger partial charge in [-0.2, -0.15) is 0 Å². The lowest BCUT2D eigenvalue weighted by molar-refractivity contribution is 0.433. The molecule has 0 saturated carbocycles. The molecule has 0 saturated heterocycles. The van der Waals surface area contributed by atoms with Gasteiger partial charge in [-0.3, -0.25) is 0 Å². The van der Waals surface area contributed by atoms with Crippen molar-refractivity contribution in [1.82, 2.24) is 0 Å². The molecule has 0 aromatic heterocycles. The standard InChI is InChI=1S/C18H22FNO/c1-4-12(2)15-7-5-6-8-17(15)21-18-10-9-14(13(3)20)11-16(18)19/h5-13H,4,20H2,1-3H3. The Morgan fingerprint density at radius 3 is 2.43 bits per heavy atom. The number of hydrogen-bond donors (Lipinski definition) is 1. The van der Waals surface area contributed by atoms with Crippen molar-refractivity contribution in [2.75, 3.05) is 0 Å². The molecule has 112 valence electrons. The molecule has 0 bridgehead atoms. The van der Waals surface area contributed by atoms with Crippen LogP contribution in [0.15, 0.2) is 42.5 Å². The second-order valence-electron chi connectivity index (χ2n) is 5.43. The van der Waals surface area contributed by atoms with Crippen LogP contribution in [0.5, 0.6) is 11.5 Å². The predicted octanol–water partition coefficient (Wildman–Crippen LogP) is 5.15. The SMILES string of the molecule is CCC(C)c1ccccc1Oc1ccc(C(C)N)cc1F. The quantitative estimate of drug-likeness (QED) is 0.825. The summed E-state index contributed by atoms with van der Waals surface area (Å²) < 4.78 is 19.9. The van der Waals surface area contributed by atoms with Crippen LogP contribution in [0.4, 0.5) is 4.39 Å². The van der Waals surface area contributed by atoms with Crippen LogP contribution < -0.4 is 10.5 Å². The minimum absolute atomic E-state index is 0.194. The Kier molecular flexibility index (Phi) is 4.97. The van der Waals surface area contributed by atoms with Gasteiger partial charge in [-0.1, -0.05) is 38.1 Å². The smallest absolute Gasteiger partial charge is 0.166 e. The molecule has 0 amide bonds. The van der Waals surface area contributed by atoms with Gasteiger partial charge in [-0.25, -0.2) is 4.39 Å². The number of ether oxygens (including phenoxy) is 1. The monoisotopic (exact) mass is 287 g/mol. The van der Waals surface area contributed by atoms with E-state index in [-0.39, 0.29) is 17.6 Å². The Morgan fingerprint density at radius 2 is 1.81 bits per heavy atom. The van der Waals surface area contributed by atoms with Gasteiger partial charge in [0, 0.05) is 6.04 Å². The van der Waals surface area contributed by atoms with Gasteiger partial charge in [-0.15, -0.1) is 0 Å². The first-order valence-corrected chi connectivity index (χ1v) is 7.34. The van der Waals surface area contributed by atoms with Crippen LogP contribution in [0.3, 0.4) is 0 Å². The van der Waals surface area contributed by atoms with E-state index in [4.69, 9.17) is 10.5 Å². The third-order valence-electron chi connectivity index (χ3n) is 3.76. The Bertz CT molecular complexity index is 610. The number of rotatable bonds is 5. The highest BCUT2D eigenvalue weighted by molar-refractivity contribution is 5.41. The van der Waals surface area contributed by atoms with Crippen LogP contribution in [0.1, 0.15) is 50.3 Å². The van der Waals surface area contributed by atoms with Crippen molar-refractivity contribution in [2.45, 2.75) is 39.2 Å². The van der Waals surface area contributed by atoms with Gasteiger partial charge in [0.05, 0.1) is 0 Å². The van der Waals surface area contributed by atoms with Crippen molar-refractivity contribution < 1.29 is 9.13 Å². The van der Waals surface area contributed by atoms with E-state index in [0.29, 0.717) is 11.7 Å². The normalized spacial score (nSPS) is 13.8. The number of para-hydroxylation sites is 1. The number of halogens is 1. The Balaban J connectivity index is 2.30. The molecular formula is C18H22FNO. The summed E-state index contributed by atoms with van der Waals surface area (Å²) in [5, 5.41) is 0. The van der Waals surface area contributed by atoms with E-state index in [2.05, 4.69) is 13.8 Å². The van der Waals surface area contributed by atoms with Gasteiger partial charge in [0.2, 0.25) is 0 Å². The molecule has 0 heterocycles. The van der Waals surface area contributed by atoms with E-state index in [1.807, 2.05) is 31.2 Å². The molecule has 2 atom stereocenters. The summed E-state index contributed by atoms with van der Waals surface area (Å²) in [4.78, 5) is 0. The molecule has 0 aliphatic heterocycles. The van der Waals surface area contributed by atoms with Gasteiger partial charge in [0.25, 0.3) is 0 Å². The molecule has 2 aromatic carbocycles. The topological polar surface area (TPSA) is 35.2 Å². The molecule has 0 spiro atoms. The van der Waals surface area contributed by atoms with Crippen molar-refractivity contribution in [3.05, 3.63) is 59.4 Å². The van der Waals surface area contributed by atoms with Crippen LogP contribution in [0.2, 0.25) is 0 Å². The summed E-state index contributed by atoms with van der Waals surface area (Å²) in [5.41, 5.74) is 7.61. The van der Waals surface area contributed by atoms with Gasteiger partial charge in [-0.05, 0) is 48.6 Å². The van der Waals surface area contributed by atoms with Crippen molar-refractivity contribution in [3.8, 4) is 11.5 Å². The highest BCUT2D eigenvalue weighted by Gasteiger charge is 2.13. The highest BCUT2D eigenvalue weighted by Crippen LogP contribution is 2.33. The average molecular weight is 287 g/mol. The Morgan fingerprint density at radius 1 is 1.10 bits per heavy atom. The van der Waals surface area contributed by atoms with Gasteiger partial charge in [0.1, 0.15) is 5.75 Å². The summed E-state index contributed by atoms with van der Waals surface area (Å²) in [6, 6.07) is 12.5. The van der Waals surface area contributed by atoms with Gasteiger partial charge in [0.15, 0.2) is 11.6 Å². The minimum atomic E-state index is -0.385. The van der Waals surface area contributed by atoms with Crippen LogP contribution in [-0.2, 0) is 0 Å². The third-order valence-corrected chi connectivity index (χ3v) is 3.76. The lowest BCUT2D eigenvalue weighted by Crippen LogP contribution is -2.05. The Labute approximate surface area is 125 Å². The molecule has 2 nitrogen and oxygen atoms in total. The molecule has 0 radical (unpaired) electrons. The van der Waals surface area contributed by atoms with E-state index in [9.17, 15) is 4.39 Å². The molecule has 0 fully saturated rings. The summed E-state index contributed by atoms with van der Waals surface area (Å²) >= 11 is 0. The second kappa shape index (κ2) is 6.72. The van der Waals surface area contributed by atoms with Crippen LogP contribution in [-0.4, -0.2) is 0 Å². The van der Waals surface area contributed by atoms with Crippen molar-refractivity contribution >= 4 is 0 Å². The second-order valence-corrected chi connectivity index (χ2v) is 5.43. The fraction of sp³-hybridized carbons (Fsp3) is 0.333. The lowest BCUT2D eigenvalue weighted by Gasteiger charge is -2.16. The summed E-state index contributed by atoms with van der Waals surface area (Å²) in [5.74, 6) is 0.922. The zero-order valence-corrected chi connectivity index (χ0v) is 12.8. The van der Waals surface area contributed by atoms with Gasteiger partial charge >= 0.3 is 0 Å². The average Bonchev–Trinajstić information content (AvgIpc) is 2.49. The van der Waals surface area contributed by atoms with Crippen molar-refractivity contribution in [3.63, 3.8) is 0 Å². The number of nitrogens with two attached hydrogens (primary N) is 1. The zero-order valence-electron chi connectivity index (χ0n) is 12.8. The minimum Gasteiger partial charge on any atom is -0.454 e. The van der Waals surface area contributed by atoms with E-state index >= 15 is 0 Å².